The number of nitrogens with zero attached hydrogens (tertiary/aromatic N) is 2. The molecular formula is C28H35N3O4. The van der Waals surface area contributed by atoms with Gasteiger partial charge in [0.05, 0.1) is 6.04 Å². The maximum atomic E-state index is 13.0. The van der Waals surface area contributed by atoms with E-state index in [9.17, 15) is 14.5 Å². The van der Waals surface area contributed by atoms with Gasteiger partial charge in [-0.05, 0) is 92.8 Å². The number of amides is 2. The highest BCUT2D eigenvalue weighted by molar-refractivity contribution is 5.78. The predicted octanol–water partition coefficient (Wildman–Crippen LogP) is 6.01. The fourth-order valence-corrected chi connectivity index (χ4v) is 5.70. The molecule has 4 rings (SSSR count). The van der Waals surface area contributed by atoms with Crippen molar-refractivity contribution in [3.63, 3.8) is 0 Å². The van der Waals surface area contributed by atoms with E-state index in [1.54, 1.807) is 0 Å². The fourth-order valence-electron chi connectivity index (χ4n) is 5.70. The molecule has 1 aliphatic heterocycles. The number of carbonyl (C=O) groups excluding carboxylic acids is 2. The van der Waals surface area contributed by atoms with Gasteiger partial charge in [-0.1, -0.05) is 24.3 Å². The Balaban J connectivity index is 1.74. The van der Waals surface area contributed by atoms with Gasteiger partial charge in [-0.25, -0.2) is 4.79 Å². The van der Waals surface area contributed by atoms with Crippen molar-refractivity contribution in [1.82, 2.24) is 4.90 Å². The highest BCUT2D eigenvalue weighted by atomic mass is 16.6. The van der Waals surface area contributed by atoms with Gasteiger partial charge in [-0.2, -0.15) is 0 Å². The Labute approximate surface area is 207 Å². The SMILES string of the molecule is CNc1ccc(C(CC(=O)N=O)c2ccc3c(c2)C2C(CCN2C(=O)OC(C)(C)C)C3)c(C)c1C. The Morgan fingerprint density at radius 1 is 1.17 bits per heavy atom. The van der Waals surface area contributed by atoms with Crippen LogP contribution in [-0.4, -0.2) is 36.1 Å². The third-order valence-electron chi connectivity index (χ3n) is 7.48. The number of benzene rings is 2. The van der Waals surface area contributed by atoms with Gasteiger partial charge in [0.25, 0.3) is 5.91 Å². The van der Waals surface area contributed by atoms with Crippen LogP contribution in [0.4, 0.5) is 10.5 Å². The average Bonchev–Trinajstić information content (AvgIpc) is 3.37. The predicted molar refractivity (Wildman–Crippen MR) is 137 cm³/mol. The molecule has 7 nitrogen and oxygen atoms in total. The van der Waals surface area contributed by atoms with Crippen LogP contribution in [0.1, 0.15) is 79.0 Å². The summed E-state index contributed by atoms with van der Waals surface area (Å²) in [7, 11) is 1.88. The smallest absolute Gasteiger partial charge is 0.410 e. The third kappa shape index (κ3) is 4.81. The highest BCUT2D eigenvalue weighted by Gasteiger charge is 2.45. The molecule has 0 radical (unpaired) electrons. The molecule has 0 bridgehead atoms. The molecule has 3 atom stereocenters. The molecule has 0 saturated carbocycles. The molecule has 0 aromatic heterocycles. The van der Waals surface area contributed by atoms with Crippen molar-refractivity contribution in [2.45, 2.75) is 71.4 Å². The molecule has 2 aromatic rings. The van der Waals surface area contributed by atoms with Crippen LogP contribution in [0.5, 0.6) is 0 Å². The van der Waals surface area contributed by atoms with Crippen molar-refractivity contribution in [3.05, 3.63) is 68.6 Å². The van der Waals surface area contributed by atoms with Gasteiger partial charge in [0.15, 0.2) is 0 Å². The van der Waals surface area contributed by atoms with E-state index in [0.29, 0.717) is 12.5 Å². The van der Waals surface area contributed by atoms with Crippen LogP contribution in [0.25, 0.3) is 0 Å². The maximum absolute atomic E-state index is 13.0. The molecule has 1 N–H and O–H groups in total. The minimum atomic E-state index is -0.667. The quantitative estimate of drug-likeness (QED) is 0.533. The van der Waals surface area contributed by atoms with E-state index in [4.69, 9.17) is 4.74 Å². The van der Waals surface area contributed by atoms with E-state index in [-0.39, 0.29) is 24.5 Å². The van der Waals surface area contributed by atoms with Crippen molar-refractivity contribution >= 4 is 17.7 Å². The van der Waals surface area contributed by atoms with Crippen molar-refractivity contribution in [3.8, 4) is 0 Å². The van der Waals surface area contributed by atoms with E-state index in [1.165, 1.54) is 5.56 Å². The average molecular weight is 478 g/mol. The number of hydrogen-bond acceptors (Lipinski definition) is 5. The van der Waals surface area contributed by atoms with Gasteiger partial charge in [-0.15, -0.1) is 4.91 Å². The fraction of sp³-hybridized carbons (Fsp3) is 0.500. The van der Waals surface area contributed by atoms with E-state index in [2.05, 4.69) is 28.7 Å². The Hall–Kier alpha value is -3.22. The monoisotopic (exact) mass is 477 g/mol. The van der Waals surface area contributed by atoms with Crippen molar-refractivity contribution in [2.75, 3.05) is 18.9 Å². The van der Waals surface area contributed by atoms with Gasteiger partial charge in [0, 0.05) is 36.8 Å². The molecule has 35 heavy (non-hydrogen) atoms. The van der Waals surface area contributed by atoms with Crippen molar-refractivity contribution in [2.24, 2.45) is 11.1 Å². The van der Waals surface area contributed by atoms with E-state index in [0.717, 1.165) is 46.3 Å². The zero-order valence-corrected chi connectivity index (χ0v) is 21.5. The molecule has 1 aliphatic carbocycles. The summed E-state index contributed by atoms with van der Waals surface area (Å²) in [4.78, 5) is 38.1. The molecule has 2 aromatic carbocycles. The summed E-state index contributed by atoms with van der Waals surface area (Å²) < 4.78 is 5.70. The standard InChI is InChI=1S/C28H35N3O4/c1-16-17(2)24(29-6)10-9-21(16)22(15-25(32)30-34)19-8-7-18-13-20-11-12-31(26(20)23(18)14-19)27(33)35-28(3,4)5/h7-10,14,20,22,26,29H,11-13,15H2,1-6H3. The zero-order chi connectivity index (χ0) is 25.5. The van der Waals surface area contributed by atoms with E-state index >= 15 is 0 Å². The lowest BCUT2D eigenvalue weighted by Gasteiger charge is -2.29. The minimum Gasteiger partial charge on any atom is -0.444 e. The number of carbonyl (C=O) groups is 2. The molecule has 2 aliphatic rings. The molecule has 1 heterocycles. The first-order valence-electron chi connectivity index (χ1n) is 12.3. The summed E-state index contributed by atoms with van der Waals surface area (Å²) in [6.45, 7) is 10.4. The third-order valence-corrected chi connectivity index (χ3v) is 7.48. The number of rotatable bonds is 5. The summed E-state index contributed by atoms with van der Waals surface area (Å²) >= 11 is 0. The number of ether oxygens (including phenoxy) is 1. The molecule has 0 spiro atoms. The molecule has 7 heteroatoms. The van der Waals surface area contributed by atoms with Gasteiger partial charge in [0.1, 0.15) is 5.60 Å². The van der Waals surface area contributed by atoms with Crippen molar-refractivity contribution in [1.29, 1.82) is 0 Å². The largest absolute Gasteiger partial charge is 0.444 e. The van der Waals surface area contributed by atoms with Crippen LogP contribution in [-0.2, 0) is 16.0 Å². The van der Waals surface area contributed by atoms with Gasteiger partial charge >= 0.3 is 6.09 Å². The first-order chi connectivity index (χ1) is 16.5. The molecular weight excluding hydrogens is 442 g/mol. The van der Waals surface area contributed by atoms with E-state index < -0.39 is 11.5 Å². The Kier molecular flexibility index (Phi) is 6.71. The Morgan fingerprint density at radius 2 is 1.91 bits per heavy atom. The van der Waals surface area contributed by atoms with Gasteiger partial charge in [0.2, 0.25) is 0 Å². The van der Waals surface area contributed by atoms with Crippen LogP contribution >= 0.6 is 0 Å². The molecule has 2 amide bonds. The summed E-state index contributed by atoms with van der Waals surface area (Å²) in [5.74, 6) is -0.603. The zero-order valence-electron chi connectivity index (χ0n) is 21.5. The number of anilines is 1. The first kappa shape index (κ1) is 24.9. The summed E-state index contributed by atoms with van der Waals surface area (Å²) in [6, 6.07) is 10.3. The number of nitrogens with one attached hydrogen (secondary N) is 1. The van der Waals surface area contributed by atoms with Gasteiger partial charge < -0.3 is 15.0 Å². The van der Waals surface area contributed by atoms with Crippen LogP contribution in [0, 0.1) is 24.7 Å². The normalized spacial score (nSPS) is 19.7. The lowest BCUT2D eigenvalue weighted by Crippen LogP contribution is -2.36. The maximum Gasteiger partial charge on any atom is 0.410 e. The number of hydrogen-bond donors (Lipinski definition) is 1. The second kappa shape index (κ2) is 9.44. The Bertz CT molecular complexity index is 1170. The highest BCUT2D eigenvalue weighted by Crippen LogP contribution is 2.48. The second-order valence-electron chi connectivity index (χ2n) is 10.8. The molecule has 3 unspecified atom stereocenters. The molecule has 1 fully saturated rings. The number of nitroso groups, excluding NO2 is 1. The summed E-state index contributed by atoms with van der Waals surface area (Å²) in [5, 5.41) is 5.89. The lowest BCUT2D eigenvalue weighted by atomic mass is 9.83. The van der Waals surface area contributed by atoms with Crippen molar-refractivity contribution < 1.29 is 14.3 Å². The number of fused-ring (bicyclic) bond motifs is 3. The number of likely N-dealkylation sites (tertiary alicyclic amines) is 1. The minimum absolute atomic E-state index is 0.00530. The van der Waals surface area contributed by atoms with E-state index in [1.807, 2.05) is 58.7 Å². The summed E-state index contributed by atoms with van der Waals surface area (Å²) in [5.41, 5.74) is 6.97. The lowest BCUT2D eigenvalue weighted by molar-refractivity contribution is -0.118. The van der Waals surface area contributed by atoms with Crippen LogP contribution in [0.2, 0.25) is 0 Å². The first-order valence-corrected chi connectivity index (χ1v) is 12.3. The molecule has 186 valence electrons. The summed E-state index contributed by atoms with van der Waals surface area (Å²) in [6.07, 6.45) is 1.59. The van der Waals surface area contributed by atoms with Crippen LogP contribution in [0.3, 0.4) is 0 Å². The Morgan fingerprint density at radius 3 is 2.57 bits per heavy atom. The van der Waals surface area contributed by atoms with Crippen LogP contribution in [0.15, 0.2) is 35.5 Å². The molecule has 1 saturated heterocycles. The topological polar surface area (TPSA) is 88.1 Å². The van der Waals surface area contributed by atoms with Crippen LogP contribution < -0.4 is 5.32 Å². The van der Waals surface area contributed by atoms with Gasteiger partial charge in [-0.3, -0.25) is 4.79 Å². The second-order valence-corrected chi connectivity index (χ2v) is 10.8.